The fraction of sp³-hybridized carbons (Fsp3) is 0.933. The average Bonchev–Trinajstić information content (AvgIpc) is 2.12. The molecule has 102 valence electrons. The van der Waals surface area contributed by atoms with Crippen molar-refractivity contribution in [2.24, 2.45) is 16.7 Å². The zero-order valence-electron chi connectivity index (χ0n) is 13.2. The second-order valence-electron chi connectivity index (χ2n) is 7.63. The van der Waals surface area contributed by atoms with Gasteiger partial charge in [-0.2, -0.15) is 0 Å². The van der Waals surface area contributed by atoms with Gasteiger partial charge in [-0.3, -0.25) is 4.79 Å². The molecule has 0 atom stereocenters. The molecule has 0 aromatic carbocycles. The molecule has 17 heavy (non-hydrogen) atoms. The molecule has 0 unspecified atom stereocenters. The molecule has 0 spiro atoms. The van der Waals surface area contributed by atoms with Crippen LogP contribution in [-0.2, 0) is 4.79 Å². The van der Waals surface area contributed by atoms with Crippen molar-refractivity contribution < 1.29 is 4.79 Å². The predicted molar refractivity (Wildman–Crippen MR) is 75.2 cm³/mol. The minimum absolute atomic E-state index is 0.0789. The minimum atomic E-state index is -0.434. The van der Waals surface area contributed by atoms with Crippen molar-refractivity contribution >= 4 is 5.78 Å². The highest BCUT2D eigenvalue weighted by Crippen LogP contribution is 2.37. The maximum Gasteiger partial charge on any atom is 0.154 e. The number of hydrogen-bond acceptors (Lipinski definition) is 2. The first-order valence-electron chi connectivity index (χ1n) is 6.60. The Hall–Kier alpha value is -0.370. The van der Waals surface area contributed by atoms with Crippen LogP contribution in [-0.4, -0.2) is 17.9 Å². The second-order valence-corrected chi connectivity index (χ2v) is 7.63. The molecule has 0 radical (unpaired) electrons. The van der Waals surface area contributed by atoms with E-state index in [0.29, 0.717) is 0 Å². The number of nitrogens with one attached hydrogen (secondary N) is 1. The molecule has 0 bridgehead atoms. The number of carbonyl (C=O) groups is 1. The molecule has 0 rings (SSSR count). The third-order valence-electron chi connectivity index (χ3n) is 4.14. The summed E-state index contributed by atoms with van der Waals surface area (Å²) in [7, 11) is 0. The van der Waals surface area contributed by atoms with Gasteiger partial charge in [0.2, 0.25) is 0 Å². The quantitative estimate of drug-likeness (QED) is 0.796. The Kier molecular flexibility index (Phi) is 4.98. The lowest BCUT2D eigenvalue weighted by Gasteiger charge is -2.41. The molecule has 0 saturated heterocycles. The monoisotopic (exact) mass is 241 g/mol. The topological polar surface area (TPSA) is 29.1 Å². The van der Waals surface area contributed by atoms with Gasteiger partial charge in [0.25, 0.3) is 0 Å². The fourth-order valence-corrected chi connectivity index (χ4v) is 1.52. The van der Waals surface area contributed by atoms with E-state index in [-0.39, 0.29) is 22.5 Å². The molecular formula is C15H31NO. The van der Waals surface area contributed by atoms with Gasteiger partial charge in [0.1, 0.15) is 0 Å². The molecule has 0 fully saturated rings. The summed E-state index contributed by atoms with van der Waals surface area (Å²) in [4.78, 5) is 12.1. The SMILES string of the molecule is CC(C)C(=O)C(C)(C)NCC(C)(C)C(C)(C)C. The molecule has 0 saturated carbocycles. The van der Waals surface area contributed by atoms with Gasteiger partial charge in [0, 0.05) is 12.5 Å². The summed E-state index contributed by atoms with van der Waals surface area (Å²) < 4.78 is 0. The van der Waals surface area contributed by atoms with Crippen LogP contribution in [0.3, 0.4) is 0 Å². The van der Waals surface area contributed by atoms with Crippen LogP contribution in [0.5, 0.6) is 0 Å². The molecule has 0 heterocycles. The molecule has 0 aliphatic rings. The second kappa shape index (κ2) is 5.09. The summed E-state index contributed by atoms with van der Waals surface area (Å²) in [5, 5.41) is 3.44. The summed E-state index contributed by atoms with van der Waals surface area (Å²) in [6, 6.07) is 0. The normalized spacial score (nSPS) is 14.2. The van der Waals surface area contributed by atoms with Gasteiger partial charge in [-0.1, -0.05) is 48.5 Å². The zero-order valence-corrected chi connectivity index (χ0v) is 13.2. The van der Waals surface area contributed by atoms with Gasteiger partial charge >= 0.3 is 0 Å². The Bertz CT molecular complexity index is 269. The van der Waals surface area contributed by atoms with Crippen LogP contribution in [0.25, 0.3) is 0 Å². The van der Waals surface area contributed by atoms with Gasteiger partial charge < -0.3 is 5.32 Å². The van der Waals surface area contributed by atoms with Crippen molar-refractivity contribution in [3.8, 4) is 0 Å². The first kappa shape index (κ1) is 16.6. The van der Waals surface area contributed by atoms with Crippen molar-refractivity contribution in [2.45, 2.75) is 67.9 Å². The van der Waals surface area contributed by atoms with E-state index in [4.69, 9.17) is 0 Å². The van der Waals surface area contributed by atoms with E-state index in [1.165, 1.54) is 0 Å². The van der Waals surface area contributed by atoms with Crippen LogP contribution >= 0.6 is 0 Å². The minimum Gasteiger partial charge on any atom is -0.305 e. The third-order valence-corrected chi connectivity index (χ3v) is 4.14. The molecular weight excluding hydrogens is 210 g/mol. The molecule has 0 aromatic rings. The number of rotatable bonds is 5. The molecule has 2 heteroatoms. The Morgan fingerprint density at radius 3 is 1.71 bits per heavy atom. The van der Waals surface area contributed by atoms with Crippen LogP contribution in [0.4, 0.5) is 0 Å². The molecule has 2 nitrogen and oxygen atoms in total. The summed E-state index contributed by atoms with van der Waals surface area (Å²) in [5.41, 5.74) is -0.0603. The maximum atomic E-state index is 12.1. The number of ketones is 1. The first-order chi connectivity index (χ1) is 7.31. The highest BCUT2D eigenvalue weighted by atomic mass is 16.1. The van der Waals surface area contributed by atoms with Gasteiger partial charge in [-0.15, -0.1) is 0 Å². The molecule has 1 N–H and O–H groups in total. The van der Waals surface area contributed by atoms with E-state index in [2.05, 4.69) is 39.9 Å². The predicted octanol–water partition coefficient (Wildman–Crippen LogP) is 3.65. The van der Waals surface area contributed by atoms with Gasteiger partial charge in [0.15, 0.2) is 5.78 Å². The van der Waals surface area contributed by atoms with Crippen molar-refractivity contribution in [1.82, 2.24) is 5.32 Å². The van der Waals surface area contributed by atoms with Crippen molar-refractivity contribution in [3.05, 3.63) is 0 Å². The molecule has 0 amide bonds. The first-order valence-corrected chi connectivity index (χ1v) is 6.60. The van der Waals surface area contributed by atoms with E-state index in [1.807, 2.05) is 27.7 Å². The Labute approximate surface area is 108 Å². The molecule has 0 aliphatic heterocycles. The largest absolute Gasteiger partial charge is 0.305 e. The van der Waals surface area contributed by atoms with E-state index >= 15 is 0 Å². The van der Waals surface area contributed by atoms with Crippen molar-refractivity contribution in [1.29, 1.82) is 0 Å². The van der Waals surface area contributed by atoms with E-state index in [9.17, 15) is 4.79 Å². The molecule has 0 aliphatic carbocycles. The van der Waals surface area contributed by atoms with Crippen LogP contribution in [0.15, 0.2) is 0 Å². The summed E-state index contributed by atoms with van der Waals surface area (Å²) >= 11 is 0. The highest BCUT2D eigenvalue weighted by Gasteiger charge is 2.36. The summed E-state index contributed by atoms with van der Waals surface area (Å²) in [6.07, 6.45) is 0. The maximum absolute atomic E-state index is 12.1. The number of hydrogen-bond donors (Lipinski definition) is 1. The smallest absolute Gasteiger partial charge is 0.154 e. The van der Waals surface area contributed by atoms with E-state index in [0.717, 1.165) is 6.54 Å². The van der Waals surface area contributed by atoms with Gasteiger partial charge in [-0.05, 0) is 24.7 Å². The number of Topliss-reactive ketones (excluding diaryl/α,β-unsaturated/α-hetero) is 1. The highest BCUT2D eigenvalue weighted by molar-refractivity contribution is 5.89. The average molecular weight is 241 g/mol. The zero-order chi connectivity index (χ0) is 14.1. The summed E-state index contributed by atoms with van der Waals surface area (Å²) in [5.74, 6) is 0.359. The van der Waals surface area contributed by atoms with Crippen LogP contribution in [0.1, 0.15) is 62.3 Å². The molecule has 0 aromatic heterocycles. The number of carbonyl (C=O) groups excluding carboxylic acids is 1. The van der Waals surface area contributed by atoms with Crippen LogP contribution in [0, 0.1) is 16.7 Å². The lowest BCUT2D eigenvalue weighted by atomic mass is 9.69. The Morgan fingerprint density at radius 2 is 1.41 bits per heavy atom. The Morgan fingerprint density at radius 1 is 1.00 bits per heavy atom. The van der Waals surface area contributed by atoms with Gasteiger partial charge in [0.05, 0.1) is 5.54 Å². The fourth-order valence-electron chi connectivity index (χ4n) is 1.52. The lowest BCUT2D eigenvalue weighted by Crippen LogP contribution is -2.53. The summed E-state index contributed by atoms with van der Waals surface area (Å²) in [6.45, 7) is 19.9. The third kappa shape index (κ3) is 4.42. The lowest BCUT2D eigenvalue weighted by molar-refractivity contribution is -0.127. The van der Waals surface area contributed by atoms with Crippen molar-refractivity contribution in [2.75, 3.05) is 6.54 Å². The van der Waals surface area contributed by atoms with Crippen LogP contribution < -0.4 is 5.32 Å². The standard InChI is InChI=1S/C15H31NO/c1-11(2)12(17)15(8,9)16-10-14(6,7)13(3,4)5/h11,16H,10H2,1-9H3. The van der Waals surface area contributed by atoms with Gasteiger partial charge in [-0.25, -0.2) is 0 Å². The van der Waals surface area contributed by atoms with E-state index < -0.39 is 5.54 Å². The van der Waals surface area contributed by atoms with E-state index in [1.54, 1.807) is 0 Å². The Balaban J connectivity index is 4.63. The van der Waals surface area contributed by atoms with Crippen molar-refractivity contribution in [3.63, 3.8) is 0 Å². The van der Waals surface area contributed by atoms with Crippen LogP contribution in [0.2, 0.25) is 0 Å².